The topological polar surface area (TPSA) is 111 Å². The van der Waals surface area contributed by atoms with Crippen molar-refractivity contribution in [1.29, 1.82) is 0 Å². The standard InChI is InChI=1S/C30H35N3O6/c1-5-22(3)31-30(35)27(17-23-9-7-6-8-10-23)32(19-24-13-11-21(2)12-14-24)29(34)20-39-25-15-16-26(33(36)37)28(18-25)38-4/h6-16,18,22,27H,5,17,19-20H2,1-4H3,(H,31,35)/t22-,27+/m1/s1. The molecule has 3 rings (SSSR count). The first-order valence-electron chi connectivity index (χ1n) is 12.9. The van der Waals surface area contributed by atoms with Crippen LogP contribution in [0.1, 0.15) is 37.0 Å². The Kier molecular flexibility index (Phi) is 10.4. The van der Waals surface area contributed by atoms with E-state index in [1.54, 1.807) is 0 Å². The molecule has 3 aromatic carbocycles. The van der Waals surface area contributed by atoms with Crippen LogP contribution in [0.15, 0.2) is 72.8 Å². The molecule has 2 atom stereocenters. The average Bonchev–Trinajstić information content (AvgIpc) is 2.94. The third-order valence-electron chi connectivity index (χ3n) is 6.46. The lowest BCUT2D eigenvalue weighted by molar-refractivity contribution is -0.385. The summed E-state index contributed by atoms with van der Waals surface area (Å²) < 4.78 is 10.8. The van der Waals surface area contributed by atoms with E-state index in [1.807, 2.05) is 75.4 Å². The van der Waals surface area contributed by atoms with Crippen molar-refractivity contribution >= 4 is 17.5 Å². The van der Waals surface area contributed by atoms with E-state index < -0.39 is 16.9 Å². The van der Waals surface area contributed by atoms with Crippen molar-refractivity contribution in [1.82, 2.24) is 10.2 Å². The van der Waals surface area contributed by atoms with Gasteiger partial charge in [-0.3, -0.25) is 19.7 Å². The highest BCUT2D eigenvalue weighted by Gasteiger charge is 2.31. The SMILES string of the molecule is CC[C@@H](C)NC(=O)[C@H](Cc1ccccc1)N(Cc1ccc(C)cc1)C(=O)COc1ccc([N+](=O)[O-])c(OC)c1. The minimum atomic E-state index is -0.787. The first-order valence-corrected chi connectivity index (χ1v) is 12.9. The molecule has 0 spiro atoms. The van der Waals surface area contributed by atoms with E-state index in [-0.39, 0.29) is 42.3 Å². The molecule has 2 amide bonds. The third-order valence-corrected chi connectivity index (χ3v) is 6.46. The first kappa shape index (κ1) is 29.2. The number of ether oxygens (including phenoxy) is 2. The highest BCUT2D eigenvalue weighted by atomic mass is 16.6. The van der Waals surface area contributed by atoms with Gasteiger partial charge in [0, 0.05) is 31.1 Å². The van der Waals surface area contributed by atoms with Gasteiger partial charge in [0.15, 0.2) is 6.61 Å². The Bertz CT molecular complexity index is 1260. The molecule has 3 aromatic rings. The van der Waals surface area contributed by atoms with Crippen molar-refractivity contribution in [3.05, 3.63) is 99.6 Å². The molecule has 0 unspecified atom stereocenters. The van der Waals surface area contributed by atoms with Gasteiger partial charge in [-0.15, -0.1) is 0 Å². The summed E-state index contributed by atoms with van der Waals surface area (Å²) >= 11 is 0. The number of nitro benzene ring substituents is 1. The molecule has 0 aliphatic carbocycles. The Morgan fingerprint density at radius 3 is 2.33 bits per heavy atom. The zero-order valence-corrected chi connectivity index (χ0v) is 22.8. The number of amides is 2. The van der Waals surface area contributed by atoms with Crippen molar-refractivity contribution in [2.75, 3.05) is 13.7 Å². The van der Waals surface area contributed by atoms with Crippen LogP contribution in [0.3, 0.4) is 0 Å². The van der Waals surface area contributed by atoms with E-state index in [1.165, 1.54) is 30.2 Å². The highest BCUT2D eigenvalue weighted by Crippen LogP contribution is 2.30. The van der Waals surface area contributed by atoms with E-state index in [0.717, 1.165) is 23.1 Å². The van der Waals surface area contributed by atoms with E-state index in [0.29, 0.717) is 6.42 Å². The monoisotopic (exact) mass is 533 g/mol. The first-order chi connectivity index (χ1) is 18.7. The highest BCUT2D eigenvalue weighted by molar-refractivity contribution is 5.88. The Balaban J connectivity index is 1.91. The molecular formula is C30H35N3O6. The van der Waals surface area contributed by atoms with E-state index >= 15 is 0 Å². The zero-order chi connectivity index (χ0) is 28.4. The second-order valence-electron chi connectivity index (χ2n) is 9.41. The van der Waals surface area contributed by atoms with Crippen LogP contribution in [0.5, 0.6) is 11.5 Å². The summed E-state index contributed by atoms with van der Waals surface area (Å²) in [6.45, 7) is 5.73. The van der Waals surface area contributed by atoms with Gasteiger partial charge in [0.05, 0.1) is 12.0 Å². The second-order valence-corrected chi connectivity index (χ2v) is 9.41. The predicted molar refractivity (Wildman–Crippen MR) is 149 cm³/mol. The lowest BCUT2D eigenvalue weighted by Crippen LogP contribution is -2.53. The molecule has 9 heteroatoms. The molecule has 0 saturated carbocycles. The fourth-order valence-corrected chi connectivity index (χ4v) is 4.01. The number of nitrogens with zero attached hydrogens (tertiary/aromatic N) is 2. The molecule has 1 N–H and O–H groups in total. The number of hydrogen-bond donors (Lipinski definition) is 1. The molecule has 0 aromatic heterocycles. The van der Waals surface area contributed by atoms with Crippen LogP contribution in [-0.4, -0.2) is 47.4 Å². The van der Waals surface area contributed by atoms with Gasteiger partial charge in [0.2, 0.25) is 11.7 Å². The largest absolute Gasteiger partial charge is 0.490 e. The normalized spacial score (nSPS) is 12.2. The minimum absolute atomic E-state index is 0.0244. The third kappa shape index (κ3) is 8.29. The average molecular weight is 534 g/mol. The molecule has 0 aliphatic heterocycles. The van der Waals surface area contributed by atoms with Crippen LogP contribution in [-0.2, 0) is 22.6 Å². The zero-order valence-electron chi connectivity index (χ0n) is 22.8. The van der Waals surface area contributed by atoms with Gasteiger partial charge in [-0.2, -0.15) is 0 Å². The lowest BCUT2D eigenvalue weighted by Gasteiger charge is -2.32. The summed E-state index contributed by atoms with van der Waals surface area (Å²) in [4.78, 5) is 39.4. The molecule has 0 heterocycles. The Morgan fingerprint density at radius 2 is 1.72 bits per heavy atom. The van der Waals surface area contributed by atoms with Gasteiger partial charge in [0.1, 0.15) is 11.8 Å². The summed E-state index contributed by atoms with van der Waals surface area (Å²) in [5.74, 6) is -0.375. The maximum Gasteiger partial charge on any atom is 0.311 e. The van der Waals surface area contributed by atoms with Gasteiger partial charge in [-0.1, -0.05) is 67.1 Å². The molecule has 0 radical (unpaired) electrons. The molecule has 0 bridgehead atoms. The molecule has 0 aliphatic rings. The van der Waals surface area contributed by atoms with E-state index in [9.17, 15) is 19.7 Å². The summed E-state index contributed by atoms with van der Waals surface area (Å²) in [6, 6.07) is 20.5. The van der Waals surface area contributed by atoms with Crippen LogP contribution in [0, 0.1) is 17.0 Å². The summed E-state index contributed by atoms with van der Waals surface area (Å²) in [5, 5.41) is 14.2. The number of nitrogens with one attached hydrogen (secondary N) is 1. The molecule has 9 nitrogen and oxygen atoms in total. The smallest absolute Gasteiger partial charge is 0.311 e. The second kappa shape index (κ2) is 13.9. The van der Waals surface area contributed by atoms with Crippen LogP contribution in [0.4, 0.5) is 5.69 Å². The maximum atomic E-state index is 13.7. The number of carbonyl (C=O) groups is 2. The van der Waals surface area contributed by atoms with Crippen molar-refractivity contribution < 1.29 is 24.0 Å². The van der Waals surface area contributed by atoms with Gasteiger partial charge in [0.25, 0.3) is 5.91 Å². The fraction of sp³-hybridized carbons (Fsp3) is 0.333. The van der Waals surface area contributed by atoms with E-state index in [2.05, 4.69) is 5.32 Å². The van der Waals surface area contributed by atoms with Crippen molar-refractivity contribution in [3.8, 4) is 11.5 Å². The number of hydrogen-bond acceptors (Lipinski definition) is 6. The van der Waals surface area contributed by atoms with Gasteiger partial charge in [-0.25, -0.2) is 0 Å². The lowest BCUT2D eigenvalue weighted by atomic mass is 10.0. The summed E-state index contributed by atoms with van der Waals surface area (Å²) in [7, 11) is 1.32. The number of rotatable bonds is 13. The molecule has 39 heavy (non-hydrogen) atoms. The summed E-state index contributed by atoms with van der Waals surface area (Å²) in [6.07, 6.45) is 1.08. The van der Waals surface area contributed by atoms with Gasteiger partial charge < -0.3 is 19.7 Å². The molecule has 0 fully saturated rings. The number of nitro groups is 1. The van der Waals surface area contributed by atoms with Gasteiger partial charge in [-0.05, 0) is 37.5 Å². The van der Waals surface area contributed by atoms with Crippen molar-refractivity contribution in [3.63, 3.8) is 0 Å². The minimum Gasteiger partial charge on any atom is -0.490 e. The fourth-order valence-electron chi connectivity index (χ4n) is 4.01. The molecule has 206 valence electrons. The quantitative estimate of drug-likeness (QED) is 0.249. The Morgan fingerprint density at radius 1 is 1.03 bits per heavy atom. The summed E-state index contributed by atoms with van der Waals surface area (Å²) in [5.41, 5.74) is 2.68. The van der Waals surface area contributed by atoms with Crippen LogP contribution in [0.25, 0.3) is 0 Å². The Hall–Kier alpha value is -4.40. The number of carbonyl (C=O) groups excluding carboxylic acids is 2. The number of benzene rings is 3. The van der Waals surface area contributed by atoms with Crippen molar-refractivity contribution in [2.45, 2.75) is 52.2 Å². The van der Waals surface area contributed by atoms with Crippen molar-refractivity contribution in [2.24, 2.45) is 0 Å². The van der Waals surface area contributed by atoms with E-state index in [4.69, 9.17) is 9.47 Å². The Labute approximate surface area is 228 Å². The molecule has 0 saturated heterocycles. The maximum absolute atomic E-state index is 13.7. The molecular weight excluding hydrogens is 498 g/mol. The van der Waals surface area contributed by atoms with Crippen LogP contribution >= 0.6 is 0 Å². The van der Waals surface area contributed by atoms with Crippen LogP contribution < -0.4 is 14.8 Å². The van der Waals surface area contributed by atoms with Gasteiger partial charge >= 0.3 is 5.69 Å². The van der Waals surface area contributed by atoms with Crippen LogP contribution in [0.2, 0.25) is 0 Å². The predicted octanol–water partition coefficient (Wildman–Crippen LogP) is 4.85. The number of aryl methyl sites for hydroxylation is 1. The number of methoxy groups -OCH3 is 1.